The van der Waals surface area contributed by atoms with Gasteiger partial charge in [0, 0.05) is 24.3 Å². The first kappa shape index (κ1) is 22.3. The van der Waals surface area contributed by atoms with Crippen LogP contribution in [0, 0.1) is 0 Å². The van der Waals surface area contributed by atoms with Gasteiger partial charge in [-0.25, -0.2) is 0 Å². The maximum absolute atomic E-state index is 12.4. The third-order valence-corrected chi connectivity index (χ3v) is 5.32. The van der Waals surface area contributed by atoms with Gasteiger partial charge < -0.3 is 19.7 Å². The molecule has 1 heterocycles. The molecule has 160 valence electrons. The summed E-state index contributed by atoms with van der Waals surface area (Å²) in [5.74, 6) is 0.440. The molecule has 2 aromatic carbocycles. The fourth-order valence-corrected chi connectivity index (χ4v) is 3.49. The molecule has 1 unspecified atom stereocenters. The molecular weight excluding hydrogens is 422 g/mol. The van der Waals surface area contributed by atoms with Crippen LogP contribution in [0.3, 0.4) is 0 Å². The molecule has 1 aliphatic heterocycles. The van der Waals surface area contributed by atoms with Crippen LogP contribution in [0.1, 0.15) is 30.6 Å². The van der Waals surface area contributed by atoms with Gasteiger partial charge in [-0.3, -0.25) is 10.1 Å². The molecule has 1 aliphatic rings. The minimum absolute atomic E-state index is 0.128. The molecule has 0 bridgehead atoms. The first-order valence-electron chi connectivity index (χ1n) is 9.97. The van der Waals surface area contributed by atoms with Crippen molar-refractivity contribution in [2.75, 3.05) is 36.5 Å². The van der Waals surface area contributed by atoms with E-state index in [0.717, 1.165) is 30.9 Å². The molecule has 1 saturated heterocycles. The van der Waals surface area contributed by atoms with Crippen LogP contribution in [-0.2, 0) is 4.74 Å². The van der Waals surface area contributed by atoms with Crippen molar-refractivity contribution in [2.24, 2.45) is 0 Å². The average molecular weight is 448 g/mol. The predicted molar refractivity (Wildman–Crippen MR) is 125 cm³/mol. The first-order valence-corrected chi connectivity index (χ1v) is 10.8. The van der Waals surface area contributed by atoms with Crippen molar-refractivity contribution in [1.29, 1.82) is 0 Å². The number of ether oxygens (including phenoxy) is 2. The van der Waals surface area contributed by atoms with Gasteiger partial charge in [0.1, 0.15) is 5.75 Å². The van der Waals surface area contributed by atoms with Gasteiger partial charge in [-0.15, -0.1) is 0 Å². The lowest BCUT2D eigenvalue weighted by Gasteiger charge is -2.29. The molecule has 8 heteroatoms. The Morgan fingerprint density at radius 3 is 2.57 bits per heavy atom. The highest BCUT2D eigenvalue weighted by Gasteiger charge is 2.15. The number of hydrogen-bond acceptors (Lipinski definition) is 5. The van der Waals surface area contributed by atoms with Crippen LogP contribution in [0.5, 0.6) is 5.75 Å². The maximum atomic E-state index is 12.4. The smallest absolute Gasteiger partial charge is 0.257 e. The second kappa shape index (κ2) is 10.6. The van der Waals surface area contributed by atoms with E-state index in [0.29, 0.717) is 29.5 Å². The molecule has 1 fully saturated rings. The standard InChI is InChI=1S/C22H26ClN3O3S/c1-3-15(2)29-18-7-4-16(5-8-18)21(27)25-22(30)24-17-6-9-20(19(23)14-17)26-10-12-28-13-11-26/h4-9,14-15H,3,10-13H2,1-2H3,(H2,24,25,27,30). The third-order valence-electron chi connectivity index (χ3n) is 4.81. The molecule has 2 aromatic rings. The maximum Gasteiger partial charge on any atom is 0.257 e. The summed E-state index contributed by atoms with van der Waals surface area (Å²) < 4.78 is 11.1. The van der Waals surface area contributed by atoms with Crippen LogP contribution in [-0.4, -0.2) is 43.4 Å². The Balaban J connectivity index is 1.55. The van der Waals surface area contributed by atoms with Gasteiger partial charge in [0.2, 0.25) is 0 Å². The zero-order chi connectivity index (χ0) is 21.5. The summed E-state index contributed by atoms with van der Waals surface area (Å²) >= 11 is 11.7. The van der Waals surface area contributed by atoms with E-state index in [-0.39, 0.29) is 17.1 Å². The second-order valence-electron chi connectivity index (χ2n) is 7.03. The summed E-state index contributed by atoms with van der Waals surface area (Å²) in [6, 6.07) is 12.6. The third kappa shape index (κ3) is 6.08. The number of rotatable bonds is 6. The lowest BCUT2D eigenvalue weighted by Crippen LogP contribution is -2.36. The van der Waals surface area contributed by atoms with Crippen molar-refractivity contribution in [3.05, 3.63) is 53.1 Å². The summed E-state index contributed by atoms with van der Waals surface area (Å²) in [5.41, 5.74) is 2.16. The molecule has 0 saturated carbocycles. The SMILES string of the molecule is CCC(C)Oc1ccc(C(=O)NC(=S)Nc2ccc(N3CCOCC3)c(Cl)c2)cc1. The van der Waals surface area contributed by atoms with Crippen LogP contribution >= 0.6 is 23.8 Å². The summed E-state index contributed by atoms with van der Waals surface area (Å²) in [6.07, 6.45) is 1.04. The molecule has 0 aromatic heterocycles. The van der Waals surface area contributed by atoms with Crippen molar-refractivity contribution in [2.45, 2.75) is 26.4 Å². The zero-order valence-corrected chi connectivity index (χ0v) is 18.7. The molecule has 1 atom stereocenters. The lowest BCUT2D eigenvalue weighted by atomic mass is 10.2. The molecule has 1 amide bonds. The van der Waals surface area contributed by atoms with Gasteiger partial charge in [-0.2, -0.15) is 0 Å². The molecule has 0 aliphatic carbocycles. The van der Waals surface area contributed by atoms with E-state index in [2.05, 4.69) is 22.5 Å². The van der Waals surface area contributed by atoms with Crippen molar-refractivity contribution in [1.82, 2.24) is 5.32 Å². The topological polar surface area (TPSA) is 62.8 Å². The molecule has 30 heavy (non-hydrogen) atoms. The fourth-order valence-electron chi connectivity index (χ4n) is 2.98. The number of morpholine rings is 1. The Morgan fingerprint density at radius 2 is 1.93 bits per heavy atom. The van der Waals surface area contributed by atoms with E-state index in [4.69, 9.17) is 33.3 Å². The number of halogens is 1. The van der Waals surface area contributed by atoms with Gasteiger partial charge in [0.05, 0.1) is 30.0 Å². The largest absolute Gasteiger partial charge is 0.491 e. The molecule has 2 N–H and O–H groups in total. The van der Waals surface area contributed by atoms with Crippen LogP contribution in [0.15, 0.2) is 42.5 Å². The highest BCUT2D eigenvalue weighted by Crippen LogP contribution is 2.29. The van der Waals surface area contributed by atoms with Crippen LogP contribution in [0.25, 0.3) is 0 Å². The summed E-state index contributed by atoms with van der Waals surface area (Å²) in [6.45, 7) is 7.06. The van der Waals surface area contributed by atoms with Crippen LogP contribution in [0.2, 0.25) is 5.02 Å². The van der Waals surface area contributed by atoms with Crippen molar-refractivity contribution < 1.29 is 14.3 Å². The Morgan fingerprint density at radius 1 is 1.23 bits per heavy atom. The Bertz CT molecular complexity index is 886. The van der Waals surface area contributed by atoms with Crippen molar-refractivity contribution in [3.63, 3.8) is 0 Å². The van der Waals surface area contributed by atoms with Gasteiger partial charge >= 0.3 is 0 Å². The van der Waals surface area contributed by atoms with E-state index in [1.807, 2.05) is 19.1 Å². The number of benzene rings is 2. The Labute approximate surface area is 187 Å². The number of carbonyl (C=O) groups excluding carboxylic acids is 1. The van der Waals surface area contributed by atoms with Crippen LogP contribution in [0.4, 0.5) is 11.4 Å². The minimum atomic E-state index is -0.293. The van der Waals surface area contributed by atoms with Gasteiger partial charge in [0.25, 0.3) is 5.91 Å². The van der Waals surface area contributed by atoms with Gasteiger partial charge in [-0.1, -0.05) is 18.5 Å². The highest BCUT2D eigenvalue weighted by molar-refractivity contribution is 7.80. The Kier molecular flexibility index (Phi) is 7.90. The Hall–Kier alpha value is -2.35. The molecular formula is C22H26ClN3O3S. The van der Waals surface area contributed by atoms with E-state index in [1.54, 1.807) is 30.3 Å². The fraction of sp³-hybridized carbons (Fsp3) is 0.364. The second-order valence-corrected chi connectivity index (χ2v) is 7.85. The zero-order valence-electron chi connectivity index (χ0n) is 17.1. The number of thiocarbonyl (C=S) groups is 1. The highest BCUT2D eigenvalue weighted by atomic mass is 35.5. The summed E-state index contributed by atoms with van der Waals surface area (Å²) in [5, 5.41) is 6.51. The normalized spacial score (nSPS) is 14.7. The number of hydrogen-bond donors (Lipinski definition) is 2. The quantitative estimate of drug-likeness (QED) is 0.636. The van der Waals surface area contributed by atoms with Gasteiger partial charge in [-0.05, 0) is 68.0 Å². The van der Waals surface area contributed by atoms with E-state index in [1.165, 1.54) is 0 Å². The number of amides is 1. The first-order chi connectivity index (χ1) is 14.5. The van der Waals surface area contributed by atoms with E-state index < -0.39 is 0 Å². The van der Waals surface area contributed by atoms with E-state index >= 15 is 0 Å². The summed E-state index contributed by atoms with van der Waals surface area (Å²) in [7, 11) is 0. The molecule has 0 radical (unpaired) electrons. The average Bonchev–Trinajstić information content (AvgIpc) is 2.74. The number of anilines is 2. The predicted octanol–water partition coefficient (Wildman–Crippen LogP) is 4.48. The summed E-state index contributed by atoms with van der Waals surface area (Å²) in [4.78, 5) is 14.6. The lowest BCUT2D eigenvalue weighted by molar-refractivity contribution is 0.0977. The van der Waals surface area contributed by atoms with Crippen molar-refractivity contribution >= 4 is 46.2 Å². The van der Waals surface area contributed by atoms with Crippen molar-refractivity contribution in [3.8, 4) is 5.75 Å². The number of nitrogens with zero attached hydrogens (tertiary/aromatic N) is 1. The monoisotopic (exact) mass is 447 g/mol. The molecule has 3 rings (SSSR count). The minimum Gasteiger partial charge on any atom is -0.491 e. The molecule has 6 nitrogen and oxygen atoms in total. The number of nitrogens with one attached hydrogen (secondary N) is 2. The number of carbonyl (C=O) groups is 1. The van der Waals surface area contributed by atoms with E-state index in [9.17, 15) is 4.79 Å². The molecule has 0 spiro atoms. The van der Waals surface area contributed by atoms with Gasteiger partial charge in [0.15, 0.2) is 5.11 Å². The van der Waals surface area contributed by atoms with Crippen LogP contribution < -0.4 is 20.3 Å².